The van der Waals surface area contributed by atoms with Crippen LogP contribution in [0.4, 0.5) is 0 Å². The monoisotopic (exact) mass is 314 g/mol. The molecular weight excluding hydrogens is 302 g/mol. The summed E-state index contributed by atoms with van der Waals surface area (Å²) in [6, 6.07) is 0. The molecule has 0 unspecified atom stereocenters. The largest absolute Gasteiger partial charge is 2.00 e. The topological polar surface area (TPSA) is 41.5 Å². The van der Waals surface area contributed by atoms with E-state index >= 15 is 0 Å². The van der Waals surface area contributed by atoms with Gasteiger partial charge in [0, 0.05) is 0 Å². The van der Waals surface area contributed by atoms with Gasteiger partial charge < -0.3 is 5.32 Å². The molecule has 0 spiro atoms. The molecule has 4 heteroatoms. The minimum atomic E-state index is 0. The smallest absolute Gasteiger partial charge is 0.322 e. The molecule has 1 heterocycles. The van der Waals surface area contributed by atoms with Gasteiger partial charge in [-0.3, -0.25) is 16.1 Å². The summed E-state index contributed by atoms with van der Waals surface area (Å²) >= 11 is 0. The maximum absolute atomic E-state index is 8.08. The molecule has 0 radical (unpaired) electrons. The molecule has 10 heavy (non-hydrogen) atoms. The zero-order chi connectivity index (χ0) is 6.53. The standard InChI is InChI=1S/C6H12NO2.W/c8-9-5-6-1-3-7-4-2-6;/h7-8H,1-5H2;/q-1;+2. The third-order valence-corrected chi connectivity index (χ3v) is 1.58. The fourth-order valence-corrected chi connectivity index (χ4v) is 1.02. The van der Waals surface area contributed by atoms with E-state index in [9.17, 15) is 0 Å². The van der Waals surface area contributed by atoms with Gasteiger partial charge in [-0.2, -0.15) is 12.8 Å². The summed E-state index contributed by atoms with van der Waals surface area (Å²) in [6.45, 7) is 2.47. The van der Waals surface area contributed by atoms with Crippen molar-refractivity contribution < 1.29 is 31.2 Å². The van der Waals surface area contributed by atoms with E-state index in [4.69, 9.17) is 5.26 Å². The van der Waals surface area contributed by atoms with E-state index in [2.05, 4.69) is 10.2 Å². The third kappa shape index (κ3) is 3.67. The van der Waals surface area contributed by atoms with Crippen molar-refractivity contribution in [3.05, 3.63) is 5.92 Å². The summed E-state index contributed by atoms with van der Waals surface area (Å²) in [5, 5.41) is 11.3. The van der Waals surface area contributed by atoms with Gasteiger partial charge in [-0.05, 0) is 19.7 Å². The van der Waals surface area contributed by atoms with Crippen molar-refractivity contribution in [3.63, 3.8) is 0 Å². The third-order valence-electron chi connectivity index (χ3n) is 1.58. The summed E-state index contributed by atoms with van der Waals surface area (Å²) in [7, 11) is 0. The first-order valence-electron chi connectivity index (χ1n) is 3.24. The first-order chi connectivity index (χ1) is 4.43. The van der Waals surface area contributed by atoms with Gasteiger partial charge in [0.25, 0.3) is 0 Å². The molecule has 0 aromatic carbocycles. The predicted octanol–water partition coefficient (Wildman–Crippen LogP) is 0.431. The first kappa shape index (κ1) is 10.6. The van der Waals surface area contributed by atoms with E-state index in [1.165, 1.54) is 5.92 Å². The van der Waals surface area contributed by atoms with Crippen LogP contribution in [0.2, 0.25) is 0 Å². The zero-order valence-corrected chi connectivity index (χ0v) is 8.73. The van der Waals surface area contributed by atoms with Crippen LogP contribution in [0.5, 0.6) is 0 Å². The normalized spacial score (nSPS) is 20.1. The molecule has 0 aromatic heterocycles. The SMILES string of the molecule is OOC[C-]1CCNCC1.[W+2]. The van der Waals surface area contributed by atoms with Gasteiger partial charge in [0.2, 0.25) is 0 Å². The van der Waals surface area contributed by atoms with Crippen LogP contribution >= 0.6 is 0 Å². The van der Waals surface area contributed by atoms with Crippen LogP contribution in [-0.2, 0) is 26.0 Å². The number of hydrogen-bond donors (Lipinski definition) is 2. The summed E-state index contributed by atoms with van der Waals surface area (Å²) < 4.78 is 0. The van der Waals surface area contributed by atoms with Crippen molar-refractivity contribution in [2.45, 2.75) is 12.8 Å². The molecule has 0 aromatic rings. The van der Waals surface area contributed by atoms with Crippen LogP contribution in [0, 0.1) is 5.92 Å². The van der Waals surface area contributed by atoms with E-state index in [0.29, 0.717) is 6.61 Å². The minimum Gasteiger partial charge on any atom is -0.322 e. The Kier molecular flexibility index (Phi) is 6.65. The Morgan fingerprint density at radius 3 is 2.50 bits per heavy atom. The Morgan fingerprint density at radius 1 is 1.40 bits per heavy atom. The molecule has 0 atom stereocenters. The average Bonchev–Trinajstić information content (AvgIpc) is 1.91. The number of hydrogen-bond acceptors (Lipinski definition) is 3. The van der Waals surface area contributed by atoms with Crippen molar-refractivity contribution >= 4 is 0 Å². The zero-order valence-electron chi connectivity index (χ0n) is 5.80. The maximum Gasteiger partial charge on any atom is 2.00 e. The Labute approximate surface area is 75.3 Å². The van der Waals surface area contributed by atoms with Gasteiger partial charge in [0.05, 0.1) is 0 Å². The van der Waals surface area contributed by atoms with Crippen LogP contribution < -0.4 is 5.32 Å². The fraction of sp³-hybridized carbons (Fsp3) is 0.833. The number of rotatable bonds is 2. The molecule has 1 rings (SSSR count). The van der Waals surface area contributed by atoms with Gasteiger partial charge in [-0.15, -0.1) is 0 Å². The Balaban J connectivity index is 0.000000810. The van der Waals surface area contributed by atoms with E-state index in [1.807, 2.05) is 0 Å². The van der Waals surface area contributed by atoms with Crippen LogP contribution in [0.15, 0.2) is 0 Å². The molecular formula is C6H12NO2W+. The van der Waals surface area contributed by atoms with Crippen LogP contribution in [0.3, 0.4) is 0 Å². The van der Waals surface area contributed by atoms with Gasteiger partial charge in [0.15, 0.2) is 0 Å². The molecule has 0 saturated carbocycles. The van der Waals surface area contributed by atoms with Gasteiger partial charge in [-0.1, -0.05) is 0 Å². The van der Waals surface area contributed by atoms with Crippen molar-refractivity contribution in [1.82, 2.24) is 5.32 Å². The summed E-state index contributed by atoms with van der Waals surface area (Å²) in [6.07, 6.45) is 2.08. The molecule has 0 bridgehead atoms. The quantitative estimate of drug-likeness (QED) is 0.441. The predicted molar refractivity (Wildman–Crippen MR) is 33.9 cm³/mol. The first-order valence-corrected chi connectivity index (χ1v) is 3.24. The second kappa shape index (κ2) is 6.29. The van der Waals surface area contributed by atoms with Crippen LogP contribution in [0.25, 0.3) is 0 Å². The fourth-order valence-electron chi connectivity index (χ4n) is 1.02. The molecule has 1 aliphatic heterocycles. The molecule has 1 aliphatic rings. The molecule has 58 valence electrons. The van der Waals surface area contributed by atoms with Crippen LogP contribution in [-0.4, -0.2) is 25.0 Å². The van der Waals surface area contributed by atoms with Gasteiger partial charge >= 0.3 is 21.1 Å². The van der Waals surface area contributed by atoms with E-state index in [-0.39, 0.29) is 21.1 Å². The summed E-state index contributed by atoms with van der Waals surface area (Å²) in [4.78, 5) is 4.02. The molecule has 0 amide bonds. The molecule has 1 saturated heterocycles. The van der Waals surface area contributed by atoms with Crippen molar-refractivity contribution in [2.24, 2.45) is 0 Å². The molecule has 1 fully saturated rings. The van der Waals surface area contributed by atoms with Crippen molar-refractivity contribution in [3.8, 4) is 0 Å². The average molecular weight is 314 g/mol. The van der Waals surface area contributed by atoms with E-state index in [0.717, 1.165) is 25.9 Å². The van der Waals surface area contributed by atoms with Gasteiger partial charge in [-0.25, -0.2) is 0 Å². The molecule has 3 nitrogen and oxygen atoms in total. The second-order valence-corrected chi connectivity index (χ2v) is 2.27. The molecule has 2 N–H and O–H groups in total. The van der Waals surface area contributed by atoms with Crippen LogP contribution in [0.1, 0.15) is 12.8 Å². The number of nitrogens with one attached hydrogen (secondary N) is 1. The Bertz CT molecular complexity index is 73.4. The minimum absolute atomic E-state index is 0. The Hall–Kier alpha value is 0.568. The number of piperidine rings is 1. The Morgan fingerprint density at radius 2 is 2.00 bits per heavy atom. The maximum atomic E-state index is 8.08. The summed E-state index contributed by atoms with van der Waals surface area (Å²) in [5.41, 5.74) is 0. The second-order valence-electron chi connectivity index (χ2n) is 2.27. The van der Waals surface area contributed by atoms with Gasteiger partial charge in [0.1, 0.15) is 0 Å². The summed E-state index contributed by atoms with van der Waals surface area (Å²) in [5.74, 6) is 1.30. The van der Waals surface area contributed by atoms with Crippen molar-refractivity contribution in [2.75, 3.05) is 19.7 Å². The van der Waals surface area contributed by atoms with Crippen molar-refractivity contribution in [1.29, 1.82) is 0 Å². The van der Waals surface area contributed by atoms with E-state index in [1.54, 1.807) is 0 Å². The van der Waals surface area contributed by atoms with E-state index < -0.39 is 0 Å². The molecule has 0 aliphatic carbocycles.